The second-order valence-electron chi connectivity index (χ2n) is 5.23. The van der Waals surface area contributed by atoms with Gasteiger partial charge in [-0.25, -0.2) is 4.39 Å². The zero-order valence-electron chi connectivity index (χ0n) is 13.4. The monoisotopic (exact) mass is 383 g/mol. The fourth-order valence-corrected chi connectivity index (χ4v) is 2.83. The van der Waals surface area contributed by atoms with Crippen molar-refractivity contribution in [2.24, 2.45) is 0 Å². The van der Waals surface area contributed by atoms with Crippen molar-refractivity contribution in [2.75, 3.05) is 11.8 Å². The van der Waals surface area contributed by atoms with Gasteiger partial charge < -0.3 is 14.4 Å². The van der Waals surface area contributed by atoms with E-state index in [9.17, 15) is 17.6 Å². The minimum absolute atomic E-state index is 0.228. The number of alkyl halides is 3. The normalized spacial score (nSPS) is 11.4. The number of hydrogen-bond acceptors (Lipinski definition) is 4. The summed E-state index contributed by atoms with van der Waals surface area (Å²) in [7, 11) is 1.55. The molecule has 0 aliphatic carbocycles. The topological polar surface area (TPSA) is 49.9 Å². The summed E-state index contributed by atoms with van der Waals surface area (Å²) in [6, 6.07) is 8.08. The highest BCUT2D eigenvalue weighted by Crippen LogP contribution is 2.33. The molecule has 0 saturated heterocycles. The van der Waals surface area contributed by atoms with Crippen molar-refractivity contribution < 1.29 is 22.3 Å². The third-order valence-corrected chi connectivity index (χ3v) is 4.27. The van der Waals surface area contributed by atoms with Gasteiger partial charge in [0, 0.05) is 16.8 Å². The average Bonchev–Trinajstić information content (AvgIpc) is 3.08. The fraction of sp³-hybridized carbons (Fsp3) is 0.118. The Hall–Kier alpha value is -2.68. The van der Waals surface area contributed by atoms with Crippen molar-refractivity contribution in [1.29, 1.82) is 0 Å². The number of nitrogens with zero attached hydrogens (tertiary/aromatic N) is 1. The zero-order valence-corrected chi connectivity index (χ0v) is 14.2. The van der Waals surface area contributed by atoms with Gasteiger partial charge in [0.2, 0.25) is 0 Å². The van der Waals surface area contributed by atoms with Gasteiger partial charge in [0.1, 0.15) is 11.6 Å². The molecule has 0 spiro atoms. The van der Waals surface area contributed by atoms with E-state index < -0.39 is 17.6 Å². The van der Waals surface area contributed by atoms with Crippen LogP contribution in [0.25, 0.3) is 11.4 Å². The van der Waals surface area contributed by atoms with Crippen LogP contribution in [0.15, 0.2) is 53.7 Å². The van der Waals surface area contributed by atoms with Gasteiger partial charge in [0.15, 0.2) is 0 Å². The standard InChI is InChI=1S/C17H13F4N3OS/c1-25-11-3-5-15(22-8-11)16-7-12(9-23-16)26-24-10-2-4-13(14(18)6-10)17(19,20)21/h2-9,23-24H,1H3. The van der Waals surface area contributed by atoms with Gasteiger partial charge in [-0.1, -0.05) is 0 Å². The van der Waals surface area contributed by atoms with Gasteiger partial charge in [-0.05, 0) is 48.3 Å². The molecule has 3 aromatic rings. The minimum Gasteiger partial charge on any atom is -0.495 e. The number of pyridine rings is 1. The maximum atomic E-state index is 13.6. The Kier molecular flexibility index (Phi) is 5.08. The third kappa shape index (κ3) is 4.10. The van der Waals surface area contributed by atoms with Gasteiger partial charge in [0.05, 0.1) is 30.3 Å². The van der Waals surface area contributed by atoms with Gasteiger partial charge in [-0.2, -0.15) is 13.2 Å². The van der Waals surface area contributed by atoms with Crippen LogP contribution in [0.2, 0.25) is 0 Å². The Morgan fingerprint density at radius 3 is 2.58 bits per heavy atom. The van der Waals surface area contributed by atoms with Crippen molar-refractivity contribution in [2.45, 2.75) is 11.1 Å². The first-order chi connectivity index (χ1) is 12.4. The van der Waals surface area contributed by atoms with Crippen molar-refractivity contribution in [1.82, 2.24) is 9.97 Å². The Labute approximate surface area is 150 Å². The molecule has 9 heteroatoms. The number of anilines is 1. The molecule has 2 N–H and O–H groups in total. The number of nitrogens with one attached hydrogen (secondary N) is 2. The van der Waals surface area contributed by atoms with Crippen LogP contribution < -0.4 is 9.46 Å². The Morgan fingerprint density at radius 2 is 1.96 bits per heavy atom. The van der Waals surface area contributed by atoms with Gasteiger partial charge in [-0.15, -0.1) is 0 Å². The molecule has 1 aromatic carbocycles. The van der Waals surface area contributed by atoms with Gasteiger partial charge >= 0.3 is 6.18 Å². The molecule has 0 saturated carbocycles. The van der Waals surface area contributed by atoms with Crippen molar-refractivity contribution in [3.8, 4) is 17.1 Å². The molecular weight excluding hydrogens is 370 g/mol. The van der Waals surface area contributed by atoms with Crippen LogP contribution in [0.4, 0.5) is 23.2 Å². The zero-order chi connectivity index (χ0) is 18.7. The molecule has 3 rings (SSSR count). The Morgan fingerprint density at radius 1 is 1.15 bits per heavy atom. The first-order valence-electron chi connectivity index (χ1n) is 7.35. The summed E-state index contributed by atoms with van der Waals surface area (Å²) in [6.07, 6.45) is -1.41. The molecule has 2 heterocycles. The molecule has 0 bridgehead atoms. The number of halogens is 4. The number of benzene rings is 1. The predicted octanol–water partition coefficient (Wildman–Crippen LogP) is 5.36. The van der Waals surface area contributed by atoms with E-state index in [2.05, 4.69) is 14.7 Å². The fourth-order valence-electron chi connectivity index (χ4n) is 2.17. The number of aromatic amines is 1. The van der Waals surface area contributed by atoms with Crippen LogP contribution in [0.5, 0.6) is 5.75 Å². The molecule has 0 atom stereocenters. The van der Waals surface area contributed by atoms with E-state index in [1.807, 2.05) is 6.07 Å². The summed E-state index contributed by atoms with van der Waals surface area (Å²) >= 11 is 1.14. The maximum Gasteiger partial charge on any atom is 0.419 e. The number of methoxy groups -OCH3 is 1. The number of rotatable bonds is 5. The third-order valence-electron chi connectivity index (χ3n) is 3.47. The van der Waals surface area contributed by atoms with Crippen LogP contribution >= 0.6 is 11.9 Å². The molecular formula is C17H13F4N3OS. The summed E-state index contributed by atoms with van der Waals surface area (Å²) in [5.41, 5.74) is 0.405. The molecule has 4 nitrogen and oxygen atoms in total. The number of H-pyrrole nitrogens is 1. The highest BCUT2D eigenvalue weighted by molar-refractivity contribution is 8.00. The van der Waals surface area contributed by atoms with Crippen LogP contribution in [0.1, 0.15) is 5.56 Å². The highest BCUT2D eigenvalue weighted by Gasteiger charge is 2.33. The summed E-state index contributed by atoms with van der Waals surface area (Å²) < 4.78 is 59.1. The van der Waals surface area contributed by atoms with Gasteiger partial charge in [0.25, 0.3) is 0 Å². The highest BCUT2D eigenvalue weighted by atomic mass is 32.2. The van der Waals surface area contributed by atoms with Crippen molar-refractivity contribution in [3.05, 3.63) is 60.2 Å². The quantitative estimate of drug-likeness (QED) is 0.460. The lowest BCUT2D eigenvalue weighted by atomic mass is 10.2. The lowest BCUT2D eigenvalue weighted by molar-refractivity contribution is -0.139. The van der Waals surface area contributed by atoms with Crippen LogP contribution in [0.3, 0.4) is 0 Å². The average molecular weight is 383 g/mol. The Balaban J connectivity index is 1.67. The molecule has 2 aromatic heterocycles. The molecule has 136 valence electrons. The first-order valence-corrected chi connectivity index (χ1v) is 8.17. The van der Waals surface area contributed by atoms with Crippen molar-refractivity contribution >= 4 is 17.6 Å². The molecule has 0 unspecified atom stereocenters. The molecule has 0 fully saturated rings. The lowest BCUT2D eigenvalue weighted by Crippen LogP contribution is -2.08. The van der Waals surface area contributed by atoms with E-state index in [-0.39, 0.29) is 5.69 Å². The van der Waals surface area contributed by atoms with E-state index in [1.54, 1.807) is 31.6 Å². The number of aromatic nitrogens is 2. The number of hydrogen-bond donors (Lipinski definition) is 2. The predicted molar refractivity (Wildman–Crippen MR) is 91.5 cm³/mol. The molecule has 0 radical (unpaired) electrons. The smallest absolute Gasteiger partial charge is 0.419 e. The molecule has 26 heavy (non-hydrogen) atoms. The number of ether oxygens (including phenoxy) is 1. The molecule has 0 amide bonds. The molecule has 0 aliphatic rings. The summed E-state index contributed by atoms with van der Waals surface area (Å²) in [4.78, 5) is 8.06. The van der Waals surface area contributed by atoms with E-state index in [0.717, 1.165) is 28.6 Å². The molecule has 0 aliphatic heterocycles. The van der Waals surface area contributed by atoms with Crippen LogP contribution in [-0.2, 0) is 6.18 Å². The van der Waals surface area contributed by atoms with E-state index in [0.29, 0.717) is 17.5 Å². The summed E-state index contributed by atoms with van der Waals surface area (Å²) in [6.45, 7) is 0. The second kappa shape index (κ2) is 7.28. The summed E-state index contributed by atoms with van der Waals surface area (Å²) in [5.74, 6) is -0.679. The maximum absolute atomic E-state index is 13.6. The minimum atomic E-state index is -4.71. The van der Waals surface area contributed by atoms with Gasteiger partial charge in [-0.3, -0.25) is 4.98 Å². The van der Waals surface area contributed by atoms with Crippen molar-refractivity contribution in [3.63, 3.8) is 0 Å². The Bertz CT molecular complexity index is 894. The van der Waals surface area contributed by atoms with E-state index in [1.165, 1.54) is 6.07 Å². The van der Waals surface area contributed by atoms with Crippen LogP contribution in [0, 0.1) is 5.82 Å². The van der Waals surface area contributed by atoms with E-state index >= 15 is 0 Å². The van der Waals surface area contributed by atoms with Crippen LogP contribution in [-0.4, -0.2) is 17.1 Å². The second-order valence-corrected chi connectivity index (χ2v) is 6.11. The first kappa shape index (κ1) is 18.1. The SMILES string of the molecule is COc1ccc(-c2cc(SNc3ccc(C(F)(F)F)c(F)c3)c[nH]2)nc1. The van der Waals surface area contributed by atoms with E-state index in [4.69, 9.17) is 4.74 Å². The summed E-state index contributed by atoms with van der Waals surface area (Å²) in [5, 5.41) is 0. The lowest BCUT2D eigenvalue weighted by Gasteiger charge is -2.10. The largest absolute Gasteiger partial charge is 0.495 e.